The Labute approximate surface area is 149 Å². The topological polar surface area (TPSA) is 60.7 Å². The van der Waals surface area contributed by atoms with Gasteiger partial charge in [0.2, 0.25) is 0 Å². The van der Waals surface area contributed by atoms with Crippen molar-refractivity contribution in [3.63, 3.8) is 0 Å². The molecule has 0 bridgehead atoms. The molecule has 5 nitrogen and oxygen atoms in total. The molecule has 1 saturated carbocycles. The van der Waals surface area contributed by atoms with E-state index >= 15 is 0 Å². The summed E-state index contributed by atoms with van der Waals surface area (Å²) in [5.41, 5.74) is 0.288. The van der Waals surface area contributed by atoms with Gasteiger partial charge in [-0.15, -0.1) is 0 Å². The standard InChI is InChI=1S/C18H21FN2O3S/c1-2-24-15(22)11-21-16-13(19)9-6-10-14(16)25-18(21)20-17(23)12-7-4-3-5-8-12/h6,9-10,12H,2-5,7-8,11H2,1H3. The highest BCUT2D eigenvalue weighted by atomic mass is 32.1. The van der Waals surface area contributed by atoms with Gasteiger partial charge in [-0.25, -0.2) is 4.39 Å². The number of ether oxygens (including phenoxy) is 1. The second-order valence-corrected chi connectivity index (χ2v) is 7.16. The summed E-state index contributed by atoms with van der Waals surface area (Å²) in [6, 6.07) is 4.70. The molecule has 1 aliphatic carbocycles. The van der Waals surface area contributed by atoms with Crippen LogP contribution >= 0.6 is 11.3 Å². The first-order chi connectivity index (χ1) is 12.1. The van der Waals surface area contributed by atoms with E-state index in [0.29, 0.717) is 9.50 Å². The zero-order chi connectivity index (χ0) is 17.8. The van der Waals surface area contributed by atoms with Crippen molar-refractivity contribution in [2.75, 3.05) is 6.61 Å². The van der Waals surface area contributed by atoms with Gasteiger partial charge in [-0.05, 0) is 31.9 Å². The van der Waals surface area contributed by atoms with E-state index in [4.69, 9.17) is 4.74 Å². The quantitative estimate of drug-likeness (QED) is 0.781. The summed E-state index contributed by atoms with van der Waals surface area (Å²) in [5.74, 6) is -1.16. The maximum Gasteiger partial charge on any atom is 0.326 e. The molecule has 1 fully saturated rings. The van der Waals surface area contributed by atoms with Gasteiger partial charge in [0, 0.05) is 5.92 Å². The lowest BCUT2D eigenvalue weighted by Gasteiger charge is -2.17. The van der Waals surface area contributed by atoms with E-state index in [1.54, 1.807) is 19.1 Å². The van der Waals surface area contributed by atoms with Gasteiger partial charge in [-0.2, -0.15) is 4.99 Å². The summed E-state index contributed by atoms with van der Waals surface area (Å²) in [6.45, 7) is 1.80. The maximum absolute atomic E-state index is 14.3. The SMILES string of the molecule is CCOC(=O)Cn1c(=NC(=O)C2CCCCC2)sc2cccc(F)c21. The summed E-state index contributed by atoms with van der Waals surface area (Å²) in [7, 11) is 0. The number of para-hydroxylation sites is 1. The summed E-state index contributed by atoms with van der Waals surface area (Å²) in [4.78, 5) is 29.0. The Balaban J connectivity index is 2.03. The van der Waals surface area contributed by atoms with Crippen molar-refractivity contribution in [3.8, 4) is 0 Å². The summed E-state index contributed by atoms with van der Waals surface area (Å²) in [6.07, 6.45) is 4.92. The molecule has 1 aromatic carbocycles. The summed E-state index contributed by atoms with van der Waals surface area (Å²) < 4.78 is 21.4. The van der Waals surface area contributed by atoms with E-state index in [0.717, 1.165) is 32.1 Å². The van der Waals surface area contributed by atoms with Crippen LogP contribution in [-0.4, -0.2) is 23.1 Å². The molecule has 0 unspecified atom stereocenters. The van der Waals surface area contributed by atoms with Gasteiger partial charge in [0.05, 0.1) is 16.8 Å². The van der Waals surface area contributed by atoms with E-state index in [1.165, 1.54) is 22.0 Å². The van der Waals surface area contributed by atoms with Crippen molar-refractivity contribution in [2.45, 2.75) is 45.6 Å². The molecule has 0 spiro atoms. The van der Waals surface area contributed by atoms with Crippen LogP contribution in [0.2, 0.25) is 0 Å². The molecule has 3 rings (SSSR count). The molecule has 1 aliphatic rings. The van der Waals surface area contributed by atoms with Gasteiger partial charge in [0.25, 0.3) is 5.91 Å². The minimum absolute atomic E-state index is 0.0696. The fraction of sp³-hybridized carbons (Fsp3) is 0.500. The molecule has 7 heteroatoms. The van der Waals surface area contributed by atoms with Crippen molar-refractivity contribution < 1.29 is 18.7 Å². The Morgan fingerprint density at radius 3 is 2.80 bits per heavy atom. The predicted molar refractivity (Wildman–Crippen MR) is 93.6 cm³/mol. The summed E-state index contributed by atoms with van der Waals surface area (Å²) in [5, 5.41) is 0. The Morgan fingerprint density at radius 1 is 1.32 bits per heavy atom. The van der Waals surface area contributed by atoms with Crippen LogP contribution in [0.3, 0.4) is 0 Å². The van der Waals surface area contributed by atoms with E-state index < -0.39 is 11.8 Å². The van der Waals surface area contributed by atoms with Crippen molar-refractivity contribution in [3.05, 3.63) is 28.8 Å². The monoisotopic (exact) mass is 364 g/mol. The number of aromatic nitrogens is 1. The van der Waals surface area contributed by atoms with Gasteiger partial charge < -0.3 is 9.30 Å². The molecule has 0 N–H and O–H groups in total. The average molecular weight is 364 g/mol. The van der Waals surface area contributed by atoms with Crippen LogP contribution < -0.4 is 4.80 Å². The number of halogens is 1. The van der Waals surface area contributed by atoms with Crippen LogP contribution in [0.5, 0.6) is 0 Å². The first-order valence-corrected chi connectivity index (χ1v) is 9.44. The van der Waals surface area contributed by atoms with Gasteiger partial charge in [0.1, 0.15) is 12.4 Å². The molecule has 25 heavy (non-hydrogen) atoms. The number of rotatable bonds is 4. The molecular weight excluding hydrogens is 343 g/mol. The van der Waals surface area contributed by atoms with E-state index in [1.807, 2.05) is 0 Å². The van der Waals surface area contributed by atoms with Crippen LogP contribution in [0.15, 0.2) is 23.2 Å². The first kappa shape index (κ1) is 17.8. The van der Waals surface area contributed by atoms with E-state index in [9.17, 15) is 14.0 Å². The molecule has 0 atom stereocenters. The molecule has 0 radical (unpaired) electrons. The third kappa shape index (κ3) is 3.98. The normalized spacial score (nSPS) is 16.3. The zero-order valence-electron chi connectivity index (χ0n) is 14.2. The molecule has 2 aromatic rings. The lowest BCUT2D eigenvalue weighted by atomic mass is 9.89. The first-order valence-electron chi connectivity index (χ1n) is 8.62. The third-order valence-electron chi connectivity index (χ3n) is 4.40. The van der Waals surface area contributed by atoms with Crippen LogP contribution in [0.4, 0.5) is 4.39 Å². The van der Waals surface area contributed by atoms with Gasteiger partial charge >= 0.3 is 5.97 Å². The number of esters is 1. The van der Waals surface area contributed by atoms with Crippen molar-refractivity contribution >= 4 is 33.4 Å². The van der Waals surface area contributed by atoms with Crippen LogP contribution in [0.25, 0.3) is 10.2 Å². The number of amides is 1. The van der Waals surface area contributed by atoms with Crippen molar-refractivity contribution in [1.29, 1.82) is 0 Å². The number of hydrogen-bond donors (Lipinski definition) is 0. The van der Waals surface area contributed by atoms with Gasteiger partial charge in [-0.3, -0.25) is 9.59 Å². The van der Waals surface area contributed by atoms with Crippen LogP contribution in [0.1, 0.15) is 39.0 Å². The highest BCUT2D eigenvalue weighted by Crippen LogP contribution is 2.25. The summed E-state index contributed by atoms with van der Waals surface area (Å²) >= 11 is 1.22. The number of carbonyl (C=O) groups excluding carboxylic acids is 2. The second kappa shape index (κ2) is 7.91. The highest BCUT2D eigenvalue weighted by Gasteiger charge is 2.22. The Bertz CT molecular complexity index is 850. The number of hydrogen-bond acceptors (Lipinski definition) is 4. The molecule has 1 heterocycles. The number of nitrogens with zero attached hydrogens (tertiary/aromatic N) is 2. The molecule has 134 valence electrons. The smallest absolute Gasteiger partial charge is 0.326 e. The lowest BCUT2D eigenvalue weighted by molar-refractivity contribution is -0.143. The molecule has 1 amide bonds. The van der Waals surface area contributed by atoms with E-state index in [2.05, 4.69) is 4.99 Å². The van der Waals surface area contributed by atoms with Gasteiger partial charge in [0.15, 0.2) is 4.80 Å². The largest absolute Gasteiger partial charge is 0.465 e. The minimum atomic E-state index is -0.475. The fourth-order valence-electron chi connectivity index (χ4n) is 3.19. The molecule has 0 saturated heterocycles. The van der Waals surface area contributed by atoms with Crippen molar-refractivity contribution in [2.24, 2.45) is 10.9 Å². The second-order valence-electron chi connectivity index (χ2n) is 6.15. The van der Waals surface area contributed by atoms with E-state index in [-0.39, 0.29) is 30.5 Å². The molecule has 1 aromatic heterocycles. The zero-order valence-corrected chi connectivity index (χ0v) is 15.0. The molecule has 0 aliphatic heterocycles. The fourth-order valence-corrected chi connectivity index (χ4v) is 4.24. The van der Waals surface area contributed by atoms with Crippen LogP contribution in [0, 0.1) is 11.7 Å². The minimum Gasteiger partial charge on any atom is -0.465 e. The Kier molecular flexibility index (Phi) is 5.63. The highest BCUT2D eigenvalue weighted by molar-refractivity contribution is 7.16. The van der Waals surface area contributed by atoms with Crippen LogP contribution in [-0.2, 0) is 20.9 Å². The number of benzene rings is 1. The number of carbonyl (C=O) groups is 2. The lowest BCUT2D eigenvalue weighted by Crippen LogP contribution is -2.25. The average Bonchev–Trinajstić information content (AvgIpc) is 2.94. The predicted octanol–water partition coefficient (Wildman–Crippen LogP) is 3.41. The van der Waals surface area contributed by atoms with Gasteiger partial charge in [-0.1, -0.05) is 36.7 Å². The third-order valence-corrected chi connectivity index (χ3v) is 5.45. The number of thiazole rings is 1. The van der Waals surface area contributed by atoms with Crippen molar-refractivity contribution in [1.82, 2.24) is 4.57 Å². The Morgan fingerprint density at radius 2 is 2.08 bits per heavy atom. The molecular formula is C18H21FN2O3S. The number of fused-ring (bicyclic) bond motifs is 1. The maximum atomic E-state index is 14.3. The Hall–Kier alpha value is -2.02.